The molecule has 2 aromatic carbocycles. The standard InChI is InChI=1S/2C9H11N2.2CH3.Ti/c2*1-10-8-6-4-3-5-7-9(8)11-2;;;/h2*3-7H,1-2H3;2*1H3;/q4*-1;+4. The first-order valence-corrected chi connectivity index (χ1v) is 7.00. The van der Waals surface area contributed by atoms with E-state index in [1.165, 1.54) is 0 Å². The summed E-state index contributed by atoms with van der Waals surface area (Å²) in [5.74, 6) is 0. The van der Waals surface area contributed by atoms with Crippen LogP contribution in [0.15, 0.2) is 70.6 Å². The largest absolute Gasteiger partial charge is 4.00 e. The maximum atomic E-state index is 4.09. The molecule has 0 unspecified atom stereocenters. The minimum absolute atomic E-state index is 0. The topological polar surface area (TPSA) is 52.9 Å². The van der Waals surface area contributed by atoms with E-state index in [0.29, 0.717) is 0 Å². The molecule has 0 bridgehead atoms. The normalized spacial score (nSPS) is 9.92. The molecule has 0 spiro atoms. The number of hydrogen-bond acceptors (Lipinski definition) is 2. The van der Waals surface area contributed by atoms with Crippen LogP contribution in [0.5, 0.6) is 0 Å². The van der Waals surface area contributed by atoms with Crippen LogP contribution < -0.4 is 10.7 Å². The molecule has 132 valence electrons. The van der Waals surface area contributed by atoms with Crippen molar-refractivity contribution in [2.45, 2.75) is 0 Å². The molecule has 0 saturated heterocycles. The van der Waals surface area contributed by atoms with Gasteiger partial charge in [0.15, 0.2) is 0 Å². The summed E-state index contributed by atoms with van der Waals surface area (Å²) in [6, 6.07) is 19.5. The maximum absolute atomic E-state index is 4.09. The third kappa shape index (κ3) is 9.85. The minimum atomic E-state index is 0. The Hall–Kier alpha value is -1.91. The summed E-state index contributed by atoms with van der Waals surface area (Å²) in [4.78, 5) is 8.18. The van der Waals surface area contributed by atoms with Crippen molar-refractivity contribution in [3.63, 3.8) is 0 Å². The molecule has 0 heterocycles. The van der Waals surface area contributed by atoms with Crippen molar-refractivity contribution < 1.29 is 21.7 Å². The van der Waals surface area contributed by atoms with Crippen LogP contribution in [0.2, 0.25) is 0 Å². The van der Waals surface area contributed by atoms with Crippen LogP contribution >= 0.6 is 0 Å². The Bertz CT molecular complexity index is 652. The third-order valence-corrected chi connectivity index (χ3v) is 2.95. The Labute approximate surface area is 168 Å². The van der Waals surface area contributed by atoms with Crippen LogP contribution in [-0.2, 0) is 21.7 Å². The predicted octanol–water partition coefficient (Wildman–Crippen LogP) is 4.60. The predicted molar refractivity (Wildman–Crippen MR) is 107 cm³/mol. The molecule has 0 radical (unpaired) electrons. The summed E-state index contributed by atoms with van der Waals surface area (Å²) >= 11 is 0. The Morgan fingerprint density at radius 1 is 0.600 bits per heavy atom. The molecule has 0 fully saturated rings. The Balaban J connectivity index is -0.000000346. The molecule has 2 aromatic rings. The first-order valence-electron chi connectivity index (χ1n) is 7.00. The zero-order chi connectivity index (χ0) is 16.2. The summed E-state index contributed by atoms with van der Waals surface area (Å²) < 4.78 is 0. The molecule has 5 heteroatoms. The van der Waals surface area contributed by atoms with Crippen LogP contribution in [0.3, 0.4) is 0 Å². The second-order valence-corrected chi connectivity index (χ2v) is 4.26. The van der Waals surface area contributed by atoms with Crippen molar-refractivity contribution in [3.05, 3.63) is 96.9 Å². The van der Waals surface area contributed by atoms with E-state index < -0.39 is 0 Å². The molecular weight excluding hydrogens is 344 g/mol. The summed E-state index contributed by atoms with van der Waals surface area (Å²) in [7, 11) is 7.07. The molecule has 4 nitrogen and oxygen atoms in total. The Morgan fingerprint density at radius 3 is 1.20 bits per heavy atom. The zero-order valence-corrected chi connectivity index (χ0v) is 17.6. The van der Waals surface area contributed by atoms with Gasteiger partial charge in [-0.3, -0.25) is 9.98 Å². The van der Waals surface area contributed by atoms with Crippen molar-refractivity contribution in [1.82, 2.24) is 0 Å². The fourth-order valence-electron chi connectivity index (χ4n) is 1.81. The smallest absolute Gasteiger partial charge is 0.685 e. The first-order chi connectivity index (χ1) is 10.8. The Kier molecular flexibility index (Phi) is 18.9. The second-order valence-electron chi connectivity index (χ2n) is 4.26. The summed E-state index contributed by atoms with van der Waals surface area (Å²) in [5, 5.41) is 10.0. The molecular formula is C20H28N4Ti. The summed E-state index contributed by atoms with van der Waals surface area (Å²) in [5.41, 5.74) is 1.86. The van der Waals surface area contributed by atoms with E-state index in [0.717, 1.165) is 22.1 Å². The van der Waals surface area contributed by atoms with Gasteiger partial charge in [-0.2, -0.15) is 0 Å². The Morgan fingerprint density at radius 2 is 0.920 bits per heavy atom. The number of hydrogen-bond donors (Lipinski definition) is 0. The van der Waals surface area contributed by atoms with Crippen molar-refractivity contribution in [2.24, 2.45) is 9.98 Å². The van der Waals surface area contributed by atoms with Crippen molar-refractivity contribution in [3.8, 4) is 0 Å². The van der Waals surface area contributed by atoms with E-state index in [2.05, 4.69) is 20.6 Å². The summed E-state index contributed by atoms with van der Waals surface area (Å²) in [6.45, 7) is 0. The van der Waals surface area contributed by atoms with Gasteiger partial charge in [0.1, 0.15) is 0 Å². The zero-order valence-electron chi connectivity index (χ0n) is 16.1. The van der Waals surface area contributed by atoms with Gasteiger partial charge in [-0.15, -0.1) is 25.5 Å². The van der Waals surface area contributed by atoms with Gasteiger partial charge < -0.3 is 25.5 Å². The van der Waals surface area contributed by atoms with E-state index in [4.69, 9.17) is 0 Å². The van der Waals surface area contributed by atoms with Crippen LogP contribution in [0.4, 0.5) is 11.4 Å². The van der Waals surface area contributed by atoms with E-state index >= 15 is 0 Å². The SMILES string of the molecule is CN=c1cccccc1[N-]C.CN=c1cccccc1[N-]C.[CH3-].[CH3-].[Ti+4]. The van der Waals surface area contributed by atoms with Gasteiger partial charge in [0.25, 0.3) is 0 Å². The van der Waals surface area contributed by atoms with Gasteiger partial charge >= 0.3 is 21.7 Å². The average molecular weight is 372 g/mol. The van der Waals surface area contributed by atoms with E-state index in [-0.39, 0.29) is 36.6 Å². The van der Waals surface area contributed by atoms with Crippen LogP contribution in [-0.4, -0.2) is 28.2 Å². The van der Waals surface area contributed by atoms with Gasteiger partial charge in [0.05, 0.1) is 0 Å². The van der Waals surface area contributed by atoms with Gasteiger partial charge in [0.2, 0.25) is 0 Å². The molecule has 0 aromatic heterocycles. The van der Waals surface area contributed by atoms with E-state index in [9.17, 15) is 0 Å². The van der Waals surface area contributed by atoms with Crippen molar-refractivity contribution in [2.75, 3.05) is 28.2 Å². The van der Waals surface area contributed by atoms with Gasteiger partial charge in [-0.25, -0.2) is 0 Å². The summed E-state index contributed by atoms with van der Waals surface area (Å²) in [6.07, 6.45) is 0. The maximum Gasteiger partial charge on any atom is 4.00 e. The second kappa shape index (κ2) is 16.9. The number of rotatable bonds is 2. The van der Waals surface area contributed by atoms with Gasteiger partial charge in [-0.1, -0.05) is 48.5 Å². The van der Waals surface area contributed by atoms with Crippen LogP contribution in [0.25, 0.3) is 10.6 Å². The molecule has 0 aliphatic heterocycles. The molecule has 0 aliphatic rings. The average Bonchev–Trinajstić information content (AvgIpc) is 2.94. The van der Waals surface area contributed by atoms with Crippen molar-refractivity contribution in [1.29, 1.82) is 0 Å². The third-order valence-electron chi connectivity index (χ3n) is 2.95. The minimum Gasteiger partial charge on any atom is -0.685 e. The van der Waals surface area contributed by atoms with E-state index in [1.807, 2.05) is 60.7 Å². The quantitative estimate of drug-likeness (QED) is 0.546. The molecule has 0 N–H and O–H groups in total. The molecule has 0 aliphatic carbocycles. The van der Waals surface area contributed by atoms with Crippen LogP contribution in [0, 0.1) is 14.9 Å². The first kappa shape index (κ1) is 27.9. The van der Waals surface area contributed by atoms with Crippen LogP contribution in [0.1, 0.15) is 0 Å². The fourth-order valence-corrected chi connectivity index (χ4v) is 1.81. The van der Waals surface area contributed by atoms with Crippen molar-refractivity contribution >= 4 is 11.4 Å². The molecule has 0 atom stereocenters. The van der Waals surface area contributed by atoms with Gasteiger partial charge in [0, 0.05) is 24.8 Å². The molecule has 2 rings (SSSR count). The van der Waals surface area contributed by atoms with Gasteiger partial charge in [-0.05, 0) is 12.1 Å². The molecule has 0 saturated carbocycles. The molecule has 0 amide bonds. The van der Waals surface area contributed by atoms with E-state index in [1.54, 1.807) is 28.2 Å². The monoisotopic (exact) mass is 372 g/mol. The molecule has 25 heavy (non-hydrogen) atoms. The number of nitrogens with zero attached hydrogens (tertiary/aromatic N) is 4. The fraction of sp³-hybridized carbons (Fsp3) is 0.200.